The third-order valence-corrected chi connectivity index (χ3v) is 4.45. The van der Waals surface area contributed by atoms with Crippen LogP contribution in [0.4, 0.5) is 0 Å². The average molecular weight is 329 g/mol. The Bertz CT molecular complexity index is 692. The third kappa shape index (κ3) is 3.59. The Labute approximate surface area is 141 Å². The summed E-state index contributed by atoms with van der Waals surface area (Å²) in [5.41, 5.74) is 1.53. The van der Waals surface area contributed by atoms with Crippen molar-refractivity contribution in [2.24, 2.45) is 5.92 Å². The van der Waals surface area contributed by atoms with E-state index in [1.54, 1.807) is 12.0 Å². The molecule has 24 heavy (non-hydrogen) atoms. The van der Waals surface area contributed by atoms with Gasteiger partial charge in [-0.15, -0.1) is 0 Å². The number of para-hydroxylation sites is 1. The fourth-order valence-electron chi connectivity index (χ4n) is 3.16. The number of hydrogen-bond acceptors (Lipinski definition) is 3. The van der Waals surface area contributed by atoms with Crippen molar-refractivity contribution in [1.29, 1.82) is 0 Å². The predicted octanol–water partition coefficient (Wildman–Crippen LogP) is 1.78. The number of aromatic nitrogens is 1. The summed E-state index contributed by atoms with van der Waals surface area (Å²) in [7, 11) is 1.60. The summed E-state index contributed by atoms with van der Waals surface area (Å²) in [4.78, 5) is 29.9. The molecular formula is C18H23N3O3. The summed E-state index contributed by atoms with van der Waals surface area (Å²) >= 11 is 0. The monoisotopic (exact) mass is 329 g/mol. The summed E-state index contributed by atoms with van der Waals surface area (Å²) < 4.78 is 4.94. The summed E-state index contributed by atoms with van der Waals surface area (Å²) in [6, 6.07) is 9.69. The maximum atomic E-state index is 12.7. The van der Waals surface area contributed by atoms with Crippen molar-refractivity contribution in [2.45, 2.75) is 12.8 Å². The van der Waals surface area contributed by atoms with Gasteiger partial charge in [-0.3, -0.25) is 9.59 Å². The number of carbonyl (C=O) groups excluding carboxylic acids is 2. The number of fused-ring (bicyclic) bond motifs is 1. The van der Waals surface area contributed by atoms with Crippen molar-refractivity contribution in [2.75, 3.05) is 33.4 Å². The number of nitrogens with one attached hydrogen (secondary N) is 2. The molecule has 1 aliphatic rings. The van der Waals surface area contributed by atoms with Gasteiger partial charge in [0, 0.05) is 37.6 Å². The van der Waals surface area contributed by atoms with E-state index in [0.29, 0.717) is 31.9 Å². The van der Waals surface area contributed by atoms with Gasteiger partial charge in [0.2, 0.25) is 5.91 Å². The SMILES string of the molecule is COCCNC(=O)[C@H]1CCCN(C(=O)c2cc3ccccc3[nH]2)C1. The molecule has 1 saturated heterocycles. The lowest BCUT2D eigenvalue weighted by Gasteiger charge is -2.31. The minimum absolute atomic E-state index is 0.00111. The minimum Gasteiger partial charge on any atom is -0.383 e. The lowest BCUT2D eigenvalue weighted by atomic mass is 9.97. The van der Waals surface area contributed by atoms with Gasteiger partial charge in [-0.05, 0) is 25.0 Å². The van der Waals surface area contributed by atoms with Crippen molar-refractivity contribution in [3.05, 3.63) is 36.0 Å². The minimum atomic E-state index is -0.149. The van der Waals surface area contributed by atoms with E-state index in [-0.39, 0.29) is 17.7 Å². The lowest BCUT2D eigenvalue weighted by Crippen LogP contribution is -2.46. The highest BCUT2D eigenvalue weighted by molar-refractivity contribution is 5.98. The molecule has 6 nitrogen and oxygen atoms in total. The largest absolute Gasteiger partial charge is 0.383 e. The number of aromatic amines is 1. The molecule has 1 atom stereocenters. The van der Waals surface area contributed by atoms with Crippen LogP contribution in [0.2, 0.25) is 0 Å². The van der Waals surface area contributed by atoms with E-state index < -0.39 is 0 Å². The zero-order valence-corrected chi connectivity index (χ0v) is 13.9. The van der Waals surface area contributed by atoms with Gasteiger partial charge in [-0.25, -0.2) is 0 Å². The van der Waals surface area contributed by atoms with Crippen molar-refractivity contribution in [3.63, 3.8) is 0 Å². The molecule has 0 radical (unpaired) electrons. The number of amides is 2. The van der Waals surface area contributed by atoms with E-state index in [0.717, 1.165) is 23.7 Å². The predicted molar refractivity (Wildman–Crippen MR) is 91.8 cm³/mol. The second kappa shape index (κ2) is 7.49. The van der Waals surface area contributed by atoms with Crippen molar-refractivity contribution in [1.82, 2.24) is 15.2 Å². The number of methoxy groups -OCH3 is 1. The maximum Gasteiger partial charge on any atom is 0.270 e. The molecule has 2 amide bonds. The molecule has 1 aromatic heterocycles. The molecule has 2 heterocycles. The number of nitrogens with zero attached hydrogens (tertiary/aromatic N) is 1. The smallest absolute Gasteiger partial charge is 0.270 e. The van der Waals surface area contributed by atoms with Crippen LogP contribution in [0.15, 0.2) is 30.3 Å². The Hall–Kier alpha value is -2.34. The zero-order chi connectivity index (χ0) is 16.9. The van der Waals surface area contributed by atoms with Gasteiger partial charge in [0.25, 0.3) is 5.91 Å². The van der Waals surface area contributed by atoms with Crippen molar-refractivity contribution in [3.8, 4) is 0 Å². The number of hydrogen-bond donors (Lipinski definition) is 2. The van der Waals surface area contributed by atoms with Crippen LogP contribution in [0.1, 0.15) is 23.3 Å². The van der Waals surface area contributed by atoms with E-state index in [1.807, 2.05) is 30.3 Å². The summed E-state index contributed by atoms with van der Waals surface area (Å²) in [6.07, 6.45) is 1.66. The summed E-state index contributed by atoms with van der Waals surface area (Å²) in [5, 5.41) is 3.88. The molecule has 2 aromatic rings. The molecule has 128 valence electrons. The fraction of sp³-hybridized carbons (Fsp3) is 0.444. The second-order valence-corrected chi connectivity index (χ2v) is 6.14. The van der Waals surface area contributed by atoms with Crippen LogP contribution in [-0.4, -0.2) is 55.0 Å². The third-order valence-electron chi connectivity index (χ3n) is 4.45. The van der Waals surface area contributed by atoms with E-state index in [1.165, 1.54) is 0 Å². The summed E-state index contributed by atoms with van der Waals surface area (Å²) in [6.45, 7) is 2.15. The Balaban J connectivity index is 1.65. The van der Waals surface area contributed by atoms with E-state index in [2.05, 4.69) is 10.3 Å². The summed E-state index contributed by atoms with van der Waals surface area (Å²) in [5.74, 6) is -0.189. The van der Waals surface area contributed by atoms with Crippen LogP contribution in [0, 0.1) is 5.92 Å². The molecule has 1 fully saturated rings. The lowest BCUT2D eigenvalue weighted by molar-refractivity contribution is -0.126. The van der Waals surface area contributed by atoms with Gasteiger partial charge >= 0.3 is 0 Å². The van der Waals surface area contributed by atoms with Crippen LogP contribution in [0.3, 0.4) is 0 Å². The highest BCUT2D eigenvalue weighted by Gasteiger charge is 2.29. The normalized spacial score (nSPS) is 17.9. The number of likely N-dealkylation sites (tertiary alicyclic amines) is 1. The van der Waals surface area contributed by atoms with Crippen LogP contribution in [0.5, 0.6) is 0 Å². The first-order valence-corrected chi connectivity index (χ1v) is 8.32. The molecule has 0 bridgehead atoms. The van der Waals surface area contributed by atoms with Crippen LogP contribution >= 0.6 is 0 Å². The number of H-pyrrole nitrogens is 1. The number of piperidine rings is 1. The van der Waals surface area contributed by atoms with Gasteiger partial charge < -0.3 is 19.9 Å². The molecular weight excluding hydrogens is 306 g/mol. The van der Waals surface area contributed by atoms with Crippen molar-refractivity contribution >= 4 is 22.7 Å². The average Bonchev–Trinajstić information content (AvgIpc) is 3.05. The van der Waals surface area contributed by atoms with E-state index >= 15 is 0 Å². The molecule has 6 heteroatoms. The first kappa shape index (κ1) is 16.5. The first-order chi connectivity index (χ1) is 11.7. The quantitative estimate of drug-likeness (QED) is 0.821. The Morgan fingerprint density at radius 2 is 2.21 bits per heavy atom. The van der Waals surface area contributed by atoms with Crippen LogP contribution < -0.4 is 5.32 Å². The van der Waals surface area contributed by atoms with Crippen molar-refractivity contribution < 1.29 is 14.3 Å². The zero-order valence-electron chi connectivity index (χ0n) is 13.9. The van der Waals surface area contributed by atoms with Gasteiger partial charge in [0.1, 0.15) is 5.69 Å². The standard InChI is InChI=1S/C18H23N3O3/c1-24-10-8-19-17(22)14-6-4-9-21(12-14)18(23)16-11-13-5-2-3-7-15(13)20-16/h2-3,5,7,11,14,20H,4,6,8-10,12H2,1H3,(H,19,22)/t14-/m0/s1. The molecule has 1 aliphatic heterocycles. The van der Waals surface area contributed by atoms with Crippen LogP contribution in [0.25, 0.3) is 10.9 Å². The number of benzene rings is 1. The van der Waals surface area contributed by atoms with Crippen LogP contribution in [-0.2, 0) is 9.53 Å². The topological polar surface area (TPSA) is 74.4 Å². The highest BCUT2D eigenvalue weighted by Crippen LogP contribution is 2.21. The Morgan fingerprint density at radius 3 is 3.00 bits per heavy atom. The maximum absolute atomic E-state index is 12.7. The second-order valence-electron chi connectivity index (χ2n) is 6.14. The van der Waals surface area contributed by atoms with Gasteiger partial charge in [-0.1, -0.05) is 18.2 Å². The fourth-order valence-corrected chi connectivity index (χ4v) is 3.16. The molecule has 2 N–H and O–H groups in total. The Morgan fingerprint density at radius 1 is 1.38 bits per heavy atom. The van der Waals surface area contributed by atoms with Gasteiger partial charge in [0.05, 0.1) is 12.5 Å². The van der Waals surface area contributed by atoms with E-state index in [9.17, 15) is 9.59 Å². The molecule has 0 unspecified atom stereocenters. The molecule has 3 rings (SSSR count). The number of ether oxygens (including phenoxy) is 1. The highest BCUT2D eigenvalue weighted by atomic mass is 16.5. The first-order valence-electron chi connectivity index (χ1n) is 8.32. The molecule has 0 saturated carbocycles. The van der Waals surface area contributed by atoms with E-state index in [4.69, 9.17) is 4.74 Å². The molecule has 0 spiro atoms. The molecule has 0 aliphatic carbocycles. The van der Waals surface area contributed by atoms with Gasteiger partial charge in [0.15, 0.2) is 0 Å². The Kier molecular flexibility index (Phi) is 5.15. The molecule has 1 aromatic carbocycles. The number of rotatable bonds is 5. The number of carbonyl (C=O) groups is 2. The van der Waals surface area contributed by atoms with Gasteiger partial charge in [-0.2, -0.15) is 0 Å².